The van der Waals surface area contributed by atoms with E-state index in [-0.39, 0.29) is 11.4 Å². The van der Waals surface area contributed by atoms with Crippen LogP contribution in [-0.2, 0) is 12.2 Å². The SMILES string of the molecule is CCc1c(O)nc(CSC(C)CC)[nH]c1=O. The summed E-state index contributed by atoms with van der Waals surface area (Å²) in [6, 6.07) is 0. The highest BCUT2D eigenvalue weighted by Crippen LogP contribution is 2.18. The van der Waals surface area contributed by atoms with Crippen molar-refractivity contribution < 1.29 is 5.11 Å². The van der Waals surface area contributed by atoms with E-state index in [4.69, 9.17) is 0 Å². The van der Waals surface area contributed by atoms with E-state index in [0.29, 0.717) is 28.8 Å². The minimum atomic E-state index is -0.227. The number of aromatic amines is 1. The van der Waals surface area contributed by atoms with E-state index in [9.17, 15) is 9.90 Å². The van der Waals surface area contributed by atoms with Crippen molar-refractivity contribution in [3.8, 4) is 5.88 Å². The van der Waals surface area contributed by atoms with Crippen LogP contribution in [-0.4, -0.2) is 20.3 Å². The molecule has 4 nitrogen and oxygen atoms in total. The molecule has 0 bridgehead atoms. The normalized spacial score (nSPS) is 12.7. The summed E-state index contributed by atoms with van der Waals surface area (Å²) >= 11 is 1.72. The number of H-pyrrole nitrogens is 1. The number of nitrogens with zero attached hydrogens (tertiary/aromatic N) is 1. The topological polar surface area (TPSA) is 66.0 Å². The van der Waals surface area contributed by atoms with E-state index < -0.39 is 0 Å². The van der Waals surface area contributed by atoms with E-state index in [2.05, 4.69) is 23.8 Å². The Morgan fingerprint density at radius 3 is 2.69 bits per heavy atom. The van der Waals surface area contributed by atoms with Crippen molar-refractivity contribution >= 4 is 11.8 Å². The largest absolute Gasteiger partial charge is 0.493 e. The average molecular weight is 242 g/mol. The zero-order valence-corrected chi connectivity index (χ0v) is 10.7. The summed E-state index contributed by atoms with van der Waals surface area (Å²) in [7, 11) is 0. The molecule has 0 amide bonds. The maximum Gasteiger partial charge on any atom is 0.257 e. The van der Waals surface area contributed by atoms with Gasteiger partial charge in [-0.15, -0.1) is 0 Å². The fourth-order valence-corrected chi connectivity index (χ4v) is 2.07. The molecule has 16 heavy (non-hydrogen) atoms. The van der Waals surface area contributed by atoms with Gasteiger partial charge in [0.05, 0.1) is 11.3 Å². The molecular weight excluding hydrogens is 224 g/mol. The summed E-state index contributed by atoms with van der Waals surface area (Å²) in [5.74, 6) is 1.04. The minimum Gasteiger partial charge on any atom is -0.493 e. The number of hydrogen-bond acceptors (Lipinski definition) is 4. The molecule has 90 valence electrons. The molecule has 0 aromatic carbocycles. The van der Waals surface area contributed by atoms with Crippen molar-refractivity contribution in [3.05, 3.63) is 21.7 Å². The van der Waals surface area contributed by atoms with Gasteiger partial charge >= 0.3 is 0 Å². The summed E-state index contributed by atoms with van der Waals surface area (Å²) in [4.78, 5) is 18.2. The minimum absolute atomic E-state index is 0.133. The standard InChI is InChI=1S/C11H18N2O2S/c1-4-7(3)16-6-9-12-10(14)8(5-2)11(15)13-9/h7H,4-6H2,1-3H3,(H2,12,13,14,15). The van der Waals surface area contributed by atoms with Crippen LogP contribution in [0.3, 0.4) is 0 Å². The molecule has 1 aromatic heterocycles. The Morgan fingerprint density at radius 2 is 2.19 bits per heavy atom. The van der Waals surface area contributed by atoms with E-state index >= 15 is 0 Å². The molecule has 2 N–H and O–H groups in total. The first-order chi connectivity index (χ1) is 7.58. The van der Waals surface area contributed by atoms with Crippen LogP contribution < -0.4 is 5.56 Å². The maximum absolute atomic E-state index is 11.5. The first-order valence-electron chi connectivity index (χ1n) is 5.51. The van der Waals surface area contributed by atoms with Gasteiger partial charge in [-0.25, -0.2) is 0 Å². The highest BCUT2D eigenvalue weighted by Gasteiger charge is 2.09. The third-order valence-electron chi connectivity index (χ3n) is 2.48. The molecule has 0 radical (unpaired) electrons. The van der Waals surface area contributed by atoms with Gasteiger partial charge in [-0.1, -0.05) is 20.8 Å². The van der Waals surface area contributed by atoms with Crippen molar-refractivity contribution in [1.82, 2.24) is 9.97 Å². The Morgan fingerprint density at radius 1 is 1.50 bits per heavy atom. The second-order valence-electron chi connectivity index (χ2n) is 3.70. The van der Waals surface area contributed by atoms with Crippen molar-refractivity contribution in [2.24, 2.45) is 0 Å². The van der Waals surface area contributed by atoms with Gasteiger partial charge in [0.1, 0.15) is 5.82 Å². The summed E-state index contributed by atoms with van der Waals surface area (Å²) in [5, 5.41) is 10.1. The summed E-state index contributed by atoms with van der Waals surface area (Å²) in [6.07, 6.45) is 1.57. The number of aromatic hydroxyl groups is 1. The van der Waals surface area contributed by atoms with Crippen LogP contribution >= 0.6 is 11.8 Å². The van der Waals surface area contributed by atoms with Crippen molar-refractivity contribution in [3.63, 3.8) is 0 Å². The quantitative estimate of drug-likeness (QED) is 0.829. The lowest BCUT2D eigenvalue weighted by Gasteiger charge is -2.08. The molecule has 1 aromatic rings. The molecule has 0 aliphatic heterocycles. The monoisotopic (exact) mass is 242 g/mol. The van der Waals surface area contributed by atoms with Gasteiger partial charge in [0.25, 0.3) is 5.56 Å². The number of nitrogens with one attached hydrogen (secondary N) is 1. The Bertz CT molecular complexity index is 403. The molecule has 5 heteroatoms. The van der Waals surface area contributed by atoms with E-state index in [1.165, 1.54) is 0 Å². The average Bonchev–Trinajstić information content (AvgIpc) is 2.25. The van der Waals surface area contributed by atoms with E-state index in [1.54, 1.807) is 11.8 Å². The predicted octanol–water partition coefficient (Wildman–Crippen LogP) is 2.07. The van der Waals surface area contributed by atoms with Gasteiger partial charge in [0, 0.05) is 5.25 Å². The summed E-state index contributed by atoms with van der Waals surface area (Å²) in [6.45, 7) is 6.06. The molecular formula is C11H18N2O2S. The van der Waals surface area contributed by atoms with Crippen molar-refractivity contribution in [2.45, 2.75) is 44.6 Å². The third kappa shape index (κ3) is 3.27. The fourth-order valence-electron chi connectivity index (χ4n) is 1.26. The van der Waals surface area contributed by atoms with E-state index in [1.807, 2.05) is 6.92 Å². The zero-order valence-electron chi connectivity index (χ0n) is 9.91. The van der Waals surface area contributed by atoms with E-state index in [0.717, 1.165) is 6.42 Å². The molecule has 0 fully saturated rings. The van der Waals surface area contributed by atoms with Gasteiger partial charge in [0.2, 0.25) is 5.88 Å². The van der Waals surface area contributed by atoms with Gasteiger partial charge in [-0.05, 0) is 12.8 Å². The number of rotatable bonds is 5. The Kier molecular flexibility index (Phi) is 4.86. The fraction of sp³-hybridized carbons (Fsp3) is 0.636. The molecule has 1 atom stereocenters. The molecule has 0 aliphatic rings. The highest BCUT2D eigenvalue weighted by atomic mass is 32.2. The van der Waals surface area contributed by atoms with Gasteiger partial charge < -0.3 is 10.1 Å². The molecule has 0 aliphatic carbocycles. The zero-order chi connectivity index (χ0) is 12.1. The number of aromatic nitrogens is 2. The summed E-state index contributed by atoms with van der Waals surface area (Å²) in [5.41, 5.74) is 0.132. The van der Waals surface area contributed by atoms with Crippen LogP contribution in [0.15, 0.2) is 4.79 Å². The lowest BCUT2D eigenvalue weighted by atomic mass is 10.2. The second kappa shape index (κ2) is 5.94. The molecule has 0 spiro atoms. The maximum atomic E-state index is 11.5. The van der Waals surface area contributed by atoms with Gasteiger partial charge in [0.15, 0.2) is 0 Å². The van der Waals surface area contributed by atoms with Crippen LogP contribution in [0.5, 0.6) is 5.88 Å². The first-order valence-corrected chi connectivity index (χ1v) is 6.55. The van der Waals surface area contributed by atoms with Crippen LogP contribution in [0.4, 0.5) is 0 Å². The number of hydrogen-bond donors (Lipinski definition) is 2. The van der Waals surface area contributed by atoms with Crippen LogP contribution in [0, 0.1) is 0 Å². The lowest BCUT2D eigenvalue weighted by molar-refractivity contribution is 0.441. The summed E-state index contributed by atoms with van der Waals surface area (Å²) < 4.78 is 0. The van der Waals surface area contributed by atoms with Gasteiger partial charge in [-0.3, -0.25) is 4.79 Å². The molecule has 1 heterocycles. The third-order valence-corrected chi connectivity index (χ3v) is 3.82. The lowest BCUT2D eigenvalue weighted by Crippen LogP contribution is -2.16. The molecule has 1 unspecified atom stereocenters. The molecule has 1 rings (SSSR count). The molecule has 0 saturated heterocycles. The Labute approximate surface area is 99.5 Å². The number of thioether (sulfide) groups is 1. The Hall–Kier alpha value is -0.970. The highest BCUT2D eigenvalue weighted by molar-refractivity contribution is 7.99. The van der Waals surface area contributed by atoms with Crippen LogP contribution in [0.25, 0.3) is 0 Å². The van der Waals surface area contributed by atoms with Crippen molar-refractivity contribution in [1.29, 1.82) is 0 Å². The van der Waals surface area contributed by atoms with Crippen LogP contribution in [0.1, 0.15) is 38.6 Å². The van der Waals surface area contributed by atoms with Crippen molar-refractivity contribution in [2.75, 3.05) is 0 Å². The molecule has 0 saturated carbocycles. The first kappa shape index (κ1) is 13.1. The van der Waals surface area contributed by atoms with Crippen LogP contribution in [0.2, 0.25) is 0 Å². The second-order valence-corrected chi connectivity index (χ2v) is 5.12. The Balaban J connectivity index is 2.80. The smallest absolute Gasteiger partial charge is 0.257 e. The predicted molar refractivity (Wildman–Crippen MR) is 66.9 cm³/mol. The van der Waals surface area contributed by atoms with Gasteiger partial charge in [-0.2, -0.15) is 16.7 Å².